The number of aromatic nitrogens is 1. The van der Waals surface area contributed by atoms with E-state index in [1.807, 2.05) is 0 Å². The number of hydrogen-bond acceptors (Lipinski definition) is 4. The van der Waals surface area contributed by atoms with Gasteiger partial charge in [-0.3, -0.25) is 4.79 Å². The van der Waals surface area contributed by atoms with Gasteiger partial charge < -0.3 is 9.47 Å². The zero-order valence-corrected chi connectivity index (χ0v) is 12.0. The molecule has 0 N–H and O–H groups in total. The molecule has 1 aromatic rings. The summed E-state index contributed by atoms with van der Waals surface area (Å²) in [5.41, 5.74) is -1.29. The zero-order chi connectivity index (χ0) is 15.5. The highest BCUT2D eigenvalue weighted by molar-refractivity contribution is 14.1. The molecule has 0 unspecified atom stereocenters. The Labute approximate surface area is 123 Å². The molecule has 112 valence electrons. The van der Waals surface area contributed by atoms with Crippen LogP contribution in [0.3, 0.4) is 0 Å². The quantitative estimate of drug-likeness (QED) is 0.434. The molecule has 0 amide bonds. The number of methoxy groups -OCH3 is 1. The van der Waals surface area contributed by atoms with Gasteiger partial charge in [-0.15, -0.1) is 13.2 Å². The first kappa shape index (κ1) is 16.9. The van der Waals surface area contributed by atoms with E-state index >= 15 is 0 Å². The van der Waals surface area contributed by atoms with Gasteiger partial charge in [0.05, 0.1) is 19.2 Å². The highest BCUT2D eigenvalue weighted by Crippen LogP contribution is 2.31. The molecular weight excluding hydrogens is 404 g/mol. The Hall–Kier alpha value is -1.20. The van der Waals surface area contributed by atoms with Crippen molar-refractivity contribution in [1.82, 2.24) is 4.98 Å². The number of carbonyl (C=O) groups is 1. The highest BCUT2D eigenvalue weighted by Gasteiger charge is 2.33. The molecule has 1 aromatic heterocycles. The maximum absolute atomic E-state index is 12.7. The van der Waals surface area contributed by atoms with Crippen molar-refractivity contribution < 1.29 is 36.2 Å². The lowest BCUT2D eigenvalue weighted by atomic mass is 10.2. The van der Waals surface area contributed by atoms with Crippen molar-refractivity contribution in [2.45, 2.75) is 19.2 Å². The summed E-state index contributed by atoms with van der Waals surface area (Å²) < 4.78 is 69.7. The van der Waals surface area contributed by atoms with E-state index < -0.39 is 42.3 Å². The summed E-state index contributed by atoms with van der Waals surface area (Å²) >= 11 is 1.41. The van der Waals surface area contributed by atoms with E-state index in [-0.39, 0.29) is 3.57 Å². The van der Waals surface area contributed by atoms with E-state index in [0.29, 0.717) is 0 Å². The maximum Gasteiger partial charge on any atom is 0.573 e. The molecule has 0 saturated heterocycles. The molecule has 20 heavy (non-hydrogen) atoms. The summed E-state index contributed by atoms with van der Waals surface area (Å²) in [4.78, 5) is 14.4. The van der Waals surface area contributed by atoms with Crippen molar-refractivity contribution in [3.05, 3.63) is 21.0 Å². The van der Waals surface area contributed by atoms with E-state index in [4.69, 9.17) is 0 Å². The average Bonchev–Trinajstić information content (AvgIpc) is 2.29. The lowest BCUT2D eigenvalue weighted by molar-refractivity contribution is -0.275. The molecule has 0 saturated carbocycles. The van der Waals surface area contributed by atoms with Crippen LogP contribution in [-0.4, -0.2) is 24.4 Å². The summed E-state index contributed by atoms with van der Waals surface area (Å²) in [7, 11) is 1.01. The Balaban J connectivity index is 3.26. The zero-order valence-electron chi connectivity index (χ0n) is 9.80. The second-order valence-corrected chi connectivity index (χ2v) is 4.56. The van der Waals surface area contributed by atoms with Gasteiger partial charge in [0.25, 0.3) is 6.43 Å². The number of ether oxygens (including phenoxy) is 2. The van der Waals surface area contributed by atoms with Crippen molar-refractivity contribution >= 4 is 28.6 Å². The summed E-state index contributed by atoms with van der Waals surface area (Å²) in [5.74, 6) is -1.73. The van der Waals surface area contributed by atoms with E-state index in [1.165, 1.54) is 22.6 Å². The normalized spacial score (nSPS) is 11.6. The van der Waals surface area contributed by atoms with Gasteiger partial charge in [-0.05, 0) is 28.7 Å². The Morgan fingerprint density at radius 1 is 1.45 bits per heavy atom. The van der Waals surface area contributed by atoms with Gasteiger partial charge in [-0.2, -0.15) is 0 Å². The molecule has 0 radical (unpaired) electrons. The third-order valence-electron chi connectivity index (χ3n) is 2.01. The molecule has 1 rings (SSSR count). The van der Waals surface area contributed by atoms with Gasteiger partial charge in [0.15, 0.2) is 5.75 Å². The number of esters is 1. The third kappa shape index (κ3) is 4.72. The number of hydrogen-bond donors (Lipinski definition) is 0. The van der Waals surface area contributed by atoms with Gasteiger partial charge in [0, 0.05) is 3.57 Å². The van der Waals surface area contributed by atoms with Crippen LogP contribution in [0.25, 0.3) is 0 Å². The third-order valence-corrected chi connectivity index (χ3v) is 2.88. The van der Waals surface area contributed by atoms with Gasteiger partial charge >= 0.3 is 12.3 Å². The topological polar surface area (TPSA) is 48.4 Å². The largest absolute Gasteiger partial charge is 0.573 e. The van der Waals surface area contributed by atoms with Gasteiger partial charge in [-0.1, -0.05) is 0 Å². The Morgan fingerprint density at radius 3 is 2.50 bits per heavy atom. The SMILES string of the molecule is COC(=O)Cc1nc(C(F)F)c(I)cc1OC(F)(F)F. The first-order chi connectivity index (χ1) is 9.14. The van der Waals surface area contributed by atoms with Crippen LogP contribution in [0, 0.1) is 3.57 Å². The molecule has 0 aliphatic heterocycles. The molecule has 0 fully saturated rings. The van der Waals surface area contributed by atoms with Crippen LogP contribution in [0.15, 0.2) is 6.07 Å². The van der Waals surface area contributed by atoms with Crippen molar-refractivity contribution in [2.75, 3.05) is 7.11 Å². The monoisotopic (exact) mass is 411 g/mol. The van der Waals surface area contributed by atoms with Crippen molar-refractivity contribution in [2.24, 2.45) is 0 Å². The number of pyridine rings is 1. The number of halogens is 6. The summed E-state index contributed by atoms with van der Waals surface area (Å²) in [6.07, 6.45) is -8.72. The van der Waals surface area contributed by atoms with Crippen LogP contribution in [0.4, 0.5) is 22.0 Å². The second-order valence-electron chi connectivity index (χ2n) is 3.40. The predicted octanol–water partition coefficient (Wildman–Crippen LogP) is 3.24. The summed E-state index contributed by atoms with van der Waals surface area (Å²) in [6, 6.07) is 0.751. The fourth-order valence-electron chi connectivity index (χ4n) is 1.23. The summed E-state index contributed by atoms with van der Waals surface area (Å²) in [6.45, 7) is 0. The number of rotatable bonds is 4. The number of nitrogens with zero attached hydrogens (tertiary/aromatic N) is 1. The Morgan fingerprint density at radius 2 is 2.05 bits per heavy atom. The van der Waals surface area contributed by atoms with Gasteiger partial charge in [0.1, 0.15) is 5.69 Å². The Kier molecular flexibility index (Phi) is 5.48. The molecule has 10 heteroatoms. The molecular formula is C10H7F5INO3. The first-order valence-electron chi connectivity index (χ1n) is 4.94. The minimum atomic E-state index is -5.03. The van der Waals surface area contributed by atoms with E-state index in [9.17, 15) is 26.7 Å². The molecule has 1 heterocycles. The van der Waals surface area contributed by atoms with Crippen LogP contribution in [0.5, 0.6) is 5.75 Å². The van der Waals surface area contributed by atoms with Gasteiger partial charge in [0.2, 0.25) is 0 Å². The summed E-state index contributed by atoms with van der Waals surface area (Å²) in [5, 5.41) is 0. The average molecular weight is 411 g/mol. The van der Waals surface area contributed by atoms with Crippen LogP contribution in [-0.2, 0) is 16.0 Å². The predicted molar refractivity (Wildman–Crippen MR) is 64.3 cm³/mol. The van der Waals surface area contributed by atoms with E-state index in [1.54, 1.807) is 0 Å². The molecule has 0 aliphatic rings. The fourth-order valence-corrected chi connectivity index (χ4v) is 1.87. The Bertz CT molecular complexity index is 506. The minimum absolute atomic E-state index is 0.203. The number of alkyl halides is 5. The smallest absolute Gasteiger partial charge is 0.469 e. The molecule has 0 aromatic carbocycles. The lowest BCUT2D eigenvalue weighted by Crippen LogP contribution is -2.20. The van der Waals surface area contributed by atoms with Crippen molar-refractivity contribution in [3.8, 4) is 5.75 Å². The molecule has 0 spiro atoms. The molecule has 0 aliphatic carbocycles. The fraction of sp³-hybridized carbons (Fsp3) is 0.400. The van der Waals surface area contributed by atoms with Crippen molar-refractivity contribution in [1.29, 1.82) is 0 Å². The number of carbonyl (C=O) groups excluding carboxylic acids is 1. The highest BCUT2D eigenvalue weighted by atomic mass is 127. The molecule has 4 nitrogen and oxygen atoms in total. The molecule has 0 bridgehead atoms. The maximum atomic E-state index is 12.7. The van der Waals surface area contributed by atoms with Crippen LogP contribution >= 0.6 is 22.6 Å². The van der Waals surface area contributed by atoms with E-state index in [2.05, 4.69) is 14.5 Å². The lowest BCUT2D eigenvalue weighted by Gasteiger charge is -2.14. The van der Waals surface area contributed by atoms with Crippen LogP contribution in [0.2, 0.25) is 0 Å². The first-order valence-corrected chi connectivity index (χ1v) is 6.02. The minimum Gasteiger partial charge on any atom is -0.469 e. The van der Waals surface area contributed by atoms with Crippen molar-refractivity contribution in [3.63, 3.8) is 0 Å². The molecule has 0 atom stereocenters. The standard InChI is InChI=1S/C10H7F5INO3/c1-19-7(18)3-5-6(20-10(13,14)15)2-4(16)8(17-5)9(11)12/h2,9H,3H2,1H3. The van der Waals surface area contributed by atoms with E-state index in [0.717, 1.165) is 13.2 Å². The van der Waals surface area contributed by atoms with Crippen LogP contribution in [0.1, 0.15) is 17.8 Å². The van der Waals surface area contributed by atoms with Crippen LogP contribution < -0.4 is 4.74 Å². The second kappa shape index (κ2) is 6.50. The van der Waals surface area contributed by atoms with Gasteiger partial charge in [-0.25, -0.2) is 13.8 Å².